The van der Waals surface area contributed by atoms with Gasteiger partial charge in [0.2, 0.25) is 0 Å². The van der Waals surface area contributed by atoms with Crippen LogP contribution in [-0.4, -0.2) is 47.6 Å². The highest BCUT2D eigenvalue weighted by molar-refractivity contribution is 5.95. The first kappa shape index (κ1) is 24.6. The molecular formula is C27H25FN4O4. The maximum Gasteiger partial charge on any atom is 0.257 e. The maximum absolute atomic E-state index is 13.9. The summed E-state index contributed by atoms with van der Waals surface area (Å²) in [7, 11) is 3.19. The largest absolute Gasteiger partial charge is 0.497 e. The number of carbonyl (C=O) groups excluding carboxylic acids is 2. The van der Waals surface area contributed by atoms with Crippen molar-refractivity contribution in [2.24, 2.45) is 0 Å². The number of hydrogen-bond donors (Lipinski definition) is 1. The van der Waals surface area contributed by atoms with Gasteiger partial charge in [-0.25, -0.2) is 4.39 Å². The van der Waals surface area contributed by atoms with Gasteiger partial charge < -0.3 is 19.5 Å². The molecule has 2 amide bonds. The summed E-state index contributed by atoms with van der Waals surface area (Å²) in [5.74, 6) is 0.256. The van der Waals surface area contributed by atoms with E-state index in [0.29, 0.717) is 42.4 Å². The Morgan fingerprint density at radius 3 is 2.58 bits per heavy atom. The van der Waals surface area contributed by atoms with E-state index >= 15 is 0 Å². The zero-order chi connectivity index (χ0) is 25.5. The number of ether oxygens (including phenoxy) is 1. The maximum atomic E-state index is 13.9. The lowest BCUT2D eigenvalue weighted by molar-refractivity contribution is 0.0790. The van der Waals surface area contributed by atoms with Crippen LogP contribution in [0.2, 0.25) is 0 Å². The van der Waals surface area contributed by atoms with Crippen molar-refractivity contribution in [3.63, 3.8) is 0 Å². The molecule has 0 spiro atoms. The van der Waals surface area contributed by atoms with Crippen LogP contribution in [0.1, 0.15) is 32.1 Å². The summed E-state index contributed by atoms with van der Waals surface area (Å²) in [4.78, 5) is 30.7. The van der Waals surface area contributed by atoms with E-state index < -0.39 is 11.7 Å². The van der Waals surface area contributed by atoms with Gasteiger partial charge in [0.05, 0.1) is 12.7 Å². The molecule has 0 aliphatic carbocycles. The second kappa shape index (κ2) is 11.3. The molecule has 4 aromatic rings. The Morgan fingerprint density at radius 1 is 1.06 bits per heavy atom. The van der Waals surface area contributed by atoms with E-state index in [0.717, 1.165) is 11.3 Å². The van der Waals surface area contributed by atoms with E-state index in [1.54, 1.807) is 44.5 Å². The van der Waals surface area contributed by atoms with Crippen LogP contribution < -0.4 is 10.1 Å². The van der Waals surface area contributed by atoms with Crippen molar-refractivity contribution >= 4 is 11.8 Å². The van der Waals surface area contributed by atoms with Gasteiger partial charge in [-0.3, -0.25) is 9.59 Å². The van der Waals surface area contributed by atoms with E-state index in [1.807, 2.05) is 24.3 Å². The number of nitrogens with one attached hydrogen (secondary N) is 1. The molecule has 0 atom stereocenters. The third kappa shape index (κ3) is 5.93. The van der Waals surface area contributed by atoms with E-state index in [4.69, 9.17) is 9.26 Å². The molecule has 8 nitrogen and oxygen atoms in total. The fourth-order valence-corrected chi connectivity index (χ4v) is 3.51. The quantitative estimate of drug-likeness (QED) is 0.381. The van der Waals surface area contributed by atoms with Crippen LogP contribution >= 0.6 is 0 Å². The molecule has 0 saturated heterocycles. The fourth-order valence-electron chi connectivity index (χ4n) is 3.51. The van der Waals surface area contributed by atoms with Crippen molar-refractivity contribution in [1.82, 2.24) is 20.4 Å². The molecule has 1 heterocycles. The number of aromatic nitrogens is 2. The molecule has 1 N–H and O–H groups in total. The van der Waals surface area contributed by atoms with Crippen LogP contribution in [0.3, 0.4) is 0 Å². The molecule has 0 unspecified atom stereocenters. The van der Waals surface area contributed by atoms with Crippen molar-refractivity contribution in [2.45, 2.75) is 13.0 Å². The van der Waals surface area contributed by atoms with E-state index in [2.05, 4.69) is 15.5 Å². The van der Waals surface area contributed by atoms with E-state index in [1.165, 1.54) is 23.1 Å². The van der Waals surface area contributed by atoms with Crippen molar-refractivity contribution in [2.75, 3.05) is 20.7 Å². The van der Waals surface area contributed by atoms with Crippen LogP contribution in [0.4, 0.5) is 4.39 Å². The molecule has 0 fully saturated rings. The Balaban J connectivity index is 1.32. The lowest BCUT2D eigenvalue weighted by atomic mass is 10.1. The molecule has 0 bridgehead atoms. The average molecular weight is 489 g/mol. The molecule has 0 saturated carbocycles. The Labute approximate surface area is 207 Å². The first-order valence-electron chi connectivity index (χ1n) is 11.3. The molecule has 0 aliphatic heterocycles. The van der Waals surface area contributed by atoms with Crippen molar-refractivity contribution in [1.29, 1.82) is 0 Å². The van der Waals surface area contributed by atoms with Gasteiger partial charge in [0, 0.05) is 37.7 Å². The van der Waals surface area contributed by atoms with Gasteiger partial charge in [-0.15, -0.1) is 0 Å². The smallest absolute Gasteiger partial charge is 0.257 e. The van der Waals surface area contributed by atoms with Gasteiger partial charge in [0.15, 0.2) is 5.82 Å². The van der Waals surface area contributed by atoms with Crippen LogP contribution in [0.25, 0.3) is 11.5 Å². The number of nitrogens with zero attached hydrogens (tertiary/aromatic N) is 3. The average Bonchev–Trinajstić information content (AvgIpc) is 3.39. The Morgan fingerprint density at radius 2 is 1.83 bits per heavy atom. The second-order valence-corrected chi connectivity index (χ2v) is 8.08. The highest BCUT2D eigenvalue weighted by Gasteiger charge is 2.17. The summed E-state index contributed by atoms with van der Waals surface area (Å²) >= 11 is 0. The van der Waals surface area contributed by atoms with Crippen LogP contribution in [0, 0.1) is 5.82 Å². The lowest BCUT2D eigenvalue weighted by Crippen LogP contribution is -2.29. The molecule has 184 valence electrons. The van der Waals surface area contributed by atoms with Crippen molar-refractivity contribution < 1.29 is 23.2 Å². The molecular weight excluding hydrogens is 463 g/mol. The summed E-state index contributed by atoms with van der Waals surface area (Å²) in [6.45, 7) is 0.664. The summed E-state index contributed by atoms with van der Waals surface area (Å²) < 4.78 is 24.4. The van der Waals surface area contributed by atoms with Gasteiger partial charge in [0.1, 0.15) is 11.6 Å². The number of halogens is 1. The summed E-state index contributed by atoms with van der Waals surface area (Å²) in [6.07, 6.45) is 0.338. The number of carbonyl (C=O) groups is 2. The molecule has 3 aromatic carbocycles. The van der Waals surface area contributed by atoms with Crippen LogP contribution in [0.5, 0.6) is 5.75 Å². The zero-order valence-electron chi connectivity index (χ0n) is 19.9. The number of likely N-dealkylation sites (N-methyl/N-ethyl adjacent to an activating group) is 1. The minimum absolute atomic E-state index is 0.0152. The Bertz CT molecular complexity index is 1350. The molecule has 4 rings (SSSR count). The lowest BCUT2D eigenvalue weighted by Gasteiger charge is -2.16. The normalized spacial score (nSPS) is 10.6. The van der Waals surface area contributed by atoms with Gasteiger partial charge in [-0.05, 0) is 54.1 Å². The van der Waals surface area contributed by atoms with Gasteiger partial charge in [0.25, 0.3) is 17.7 Å². The second-order valence-electron chi connectivity index (χ2n) is 8.08. The number of rotatable bonds is 9. The highest BCUT2D eigenvalue weighted by atomic mass is 19.1. The standard InChI is InChI=1S/C27H25FN4O4/c1-32(27(34)22-8-3-4-9-23(22)28)15-14-24-30-26(36-31-24)20-12-10-19(11-13-20)25(33)29-17-18-6-5-7-21(16-18)35-2/h3-13,16H,14-15,17H2,1-2H3,(H,29,33). The first-order chi connectivity index (χ1) is 17.4. The molecule has 0 aliphatic rings. The van der Waals surface area contributed by atoms with Gasteiger partial charge in [-0.2, -0.15) is 4.98 Å². The molecule has 0 radical (unpaired) electrons. The van der Waals surface area contributed by atoms with Crippen molar-refractivity contribution in [3.05, 3.63) is 101 Å². The Hall–Kier alpha value is -4.53. The van der Waals surface area contributed by atoms with Gasteiger partial charge in [-0.1, -0.05) is 29.4 Å². The van der Waals surface area contributed by atoms with Crippen LogP contribution in [-0.2, 0) is 13.0 Å². The van der Waals surface area contributed by atoms with Gasteiger partial charge >= 0.3 is 0 Å². The van der Waals surface area contributed by atoms with Crippen LogP contribution in [0.15, 0.2) is 77.3 Å². The third-order valence-corrected chi connectivity index (χ3v) is 5.57. The zero-order valence-corrected chi connectivity index (χ0v) is 19.9. The Kier molecular flexibility index (Phi) is 7.69. The number of benzene rings is 3. The molecule has 9 heteroatoms. The van der Waals surface area contributed by atoms with E-state index in [9.17, 15) is 14.0 Å². The monoisotopic (exact) mass is 488 g/mol. The summed E-state index contributed by atoms with van der Waals surface area (Å²) in [5.41, 5.74) is 2.10. The summed E-state index contributed by atoms with van der Waals surface area (Å²) in [5, 5.41) is 6.84. The third-order valence-electron chi connectivity index (χ3n) is 5.57. The number of methoxy groups -OCH3 is 1. The van der Waals surface area contributed by atoms with Crippen molar-refractivity contribution in [3.8, 4) is 17.2 Å². The topological polar surface area (TPSA) is 97.6 Å². The van der Waals surface area contributed by atoms with E-state index in [-0.39, 0.29) is 11.5 Å². The molecule has 36 heavy (non-hydrogen) atoms. The predicted octanol–water partition coefficient (Wildman–Crippen LogP) is 4.13. The minimum atomic E-state index is -0.561. The minimum Gasteiger partial charge on any atom is -0.497 e. The first-order valence-corrected chi connectivity index (χ1v) is 11.3. The number of amides is 2. The fraction of sp³-hybridized carbons (Fsp3) is 0.185. The molecule has 1 aromatic heterocycles. The number of hydrogen-bond acceptors (Lipinski definition) is 6. The predicted molar refractivity (Wildman–Crippen MR) is 131 cm³/mol. The highest BCUT2D eigenvalue weighted by Crippen LogP contribution is 2.19. The SMILES string of the molecule is COc1cccc(CNC(=O)c2ccc(-c3nc(CCN(C)C(=O)c4ccccc4F)no3)cc2)c1. The summed E-state index contributed by atoms with van der Waals surface area (Å²) in [6, 6.07) is 20.2.